The number of hydrogen-bond donors (Lipinski definition) is 1. The SMILES string of the molecule is CCn1c(SCC(=O)Nc2ccc(Br)cc2)nnc1-c1csc2ccccc12. The largest absolute Gasteiger partial charge is 0.325 e. The summed E-state index contributed by atoms with van der Waals surface area (Å²) in [6, 6.07) is 15.8. The molecule has 0 saturated heterocycles. The molecule has 2 heterocycles. The number of nitrogens with one attached hydrogen (secondary N) is 1. The third-order valence-corrected chi connectivity index (χ3v) is 6.67. The lowest BCUT2D eigenvalue weighted by atomic mass is 10.1. The summed E-state index contributed by atoms with van der Waals surface area (Å²) in [6.07, 6.45) is 0. The molecule has 28 heavy (non-hydrogen) atoms. The van der Waals surface area contributed by atoms with E-state index in [0.29, 0.717) is 0 Å². The van der Waals surface area contributed by atoms with Gasteiger partial charge < -0.3 is 9.88 Å². The summed E-state index contributed by atoms with van der Waals surface area (Å²) < 4.78 is 4.27. The number of nitrogens with zero attached hydrogens (tertiary/aromatic N) is 3. The number of carbonyl (C=O) groups excluding carboxylic acids is 1. The first-order chi connectivity index (χ1) is 13.7. The summed E-state index contributed by atoms with van der Waals surface area (Å²) in [7, 11) is 0. The Kier molecular flexibility index (Phi) is 5.79. The van der Waals surface area contributed by atoms with Crippen molar-refractivity contribution in [1.29, 1.82) is 0 Å². The van der Waals surface area contributed by atoms with E-state index in [1.54, 1.807) is 11.3 Å². The molecule has 142 valence electrons. The van der Waals surface area contributed by atoms with Crippen LogP contribution >= 0.6 is 39.0 Å². The van der Waals surface area contributed by atoms with E-state index in [2.05, 4.69) is 60.4 Å². The van der Waals surface area contributed by atoms with Crippen molar-refractivity contribution < 1.29 is 4.79 Å². The van der Waals surface area contributed by atoms with E-state index in [4.69, 9.17) is 0 Å². The van der Waals surface area contributed by atoms with Crippen LogP contribution in [0.15, 0.2) is 63.5 Å². The van der Waals surface area contributed by atoms with Crippen LogP contribution in [0.4, 0.5) is 5.69 Å². The number of thiophene rings is 1. The summed E-state index contributed by atoms with van der Waals surface area (Å²) in [5.41, 5.74) is 1.86. The molecule has 4 rings (SSSR count). The zero-order valence-electron chi connectivity index (χ0n) is 15.1. The Labute approximate surface area is 179 Å². The van der Waals surface area contributed by atoms with Gasteiger partial charge in [0.15, 0.2) is 11.0 Å². The fourth-order valence-corrected chi connectivity index (χ4v) is 4.90. The number of carbonyl (C=O) groups is 1. The highest BCUT2D eigenvalue weighted by molar-refractivity contribution is 9.10. The fourth-order valence-electron chi connectivity index (χ4n) is 2.89. The van der Waals surface area contributed by atoms with Gasteiger partial charge in [0.2, 0.25) is 5.91 Å². The van der Waals surface area contributed by atoms with Crippen LogP contribution in [0.3, 0.4) is 0 Å². The van der Waals surface area contributed by atoms with Crippen LogP contribution in [0.2, 0.25) is 0 Å². The first-order valence-electron chi connectivity index (χ1n) is 8.73. The molecule has 0 spiro atoms. The minimum atomic E-state index is -0.0690. The fraction of sp³-hybridized carbons (Fsp3) is 0.150. The average molecular weight is 473 g/mol. The molecule has 2 aromatic carbocycles. The van der Waals surface area contributed by atoms with Gasteiger partial charge in [0.25, 0.3) is 0 Å². The predicted octanol–water partition coefficient (Wildman–Crippen LogP) is 5.67. The lowest BCUT2D eigenvalue weighted by Crippen LogP contribution is -2.14. The topological polar surface area (TPSA) is 59.8 Å². The number of halogens is 1. The van der Waals surface area contributed by atoms with E-state index in [0.717, 1.165) is 33.2 Å². The molecule has 1 N–H and O–H groups in total. The van der Waals surface area contributed by atoms with Crippen LogP contribution in [0.5, 0.6) is 0 Å². The van der Waals surface area contributed by atoms with Crippen LogP contribution < -0.4 is 5.32 Å². The summed E-state index contributed by atoms with van der Waals surface area (Å²) in [5, 5.41) is 15.7. The molecule has 0 radical (unpaired) electrons. The van der Waals surface area contributed by atoms with E-state index in [1.165, 1.54) is 21.8 Å². The van der Waals surface area contributed by atoms with Gasteiger partial charge in [0.05, 0.1) is 5.75 Å². The number of anilines is 1. The second-order valence-corrected chi connectivity index (χ2v) is 8.81. The number of amides is 1. The van der Waals surface area contributed by atoms with Crippen molar-refractivity contribution >= 4 is 60.7 Å². The lowest BCUT2D eigenvalue weighted by Gasteiger charge is -2.07. The van der Waals surface area contributed by atoms with Crippen LogP contribution in [0.25, 0.3) is 21.5 Å². The van der Waals surface area contributed by atoms with E-state index in [9.17, 15) is 4.79 Å². The summed E-state index contributed by atoms with van der Waals surface area (Å²) in [6.45, 7) is 2.80. The minimum Gasteiger partial charge on any atom is -0.325 e. The highest BCUT2D eigenvalue weighted by Gasteiger charge is 2.17. The molecule has 8 heteroatoms. The van der Waals surface area contributed by atoms with Crippen molar-refractivity contribution in [3.63, 3.8) is 0 Å². The Hall–Kier alpha value is -2.16. The third kappa shape index (κ3) is 3.99. The molecule has 4 aromatic rings. The number of rotatable bonds is 6. The number of hydrogen-bond acceptors (Lipinski definition) is 5. The smallest absolute Gasteiger partial charge is 0.234 e. The normalized spacial score (nSPS) is 11.1. The maximum absolute atomic E-state index is 12.3. The van der Waals surface area contributed by atoms with Crippen LogP contribution in [0.1, 0.15) is 6.92 Å². The lowest BCUT2D eigenvalue weighted by molar-refractivity contribution is -0.113. The molecule has 0 aliphatic carbocycles. The van der Waals surface area contributed by atoms with Gasteiger partial charge in [0, 0.05) is 37.7 Å². The first kappa shape index (κ1) is 19.2. The summed E-state index contributed by atoms with van der Waals surface area (Å²) >= 11 is 6.49. The van der Waals surface area contributed by atoms with Crippen molar-refractivity contribution in [3.05, 3.63) is 58.4 Å². The molecule has 2 aromatic heterocycles. The van der Waals surface area contributed by atoms with Gasteiger partial charge in [-0.3, -0.25) is 4.79 Å². The second kappa shape index (κ2) is 8.46. The van der Waals surface area contributed by atoms with Crippen LogP contribution in [0, 0.1) is 0 Å². The zero-order valence-corrected chi connectivity index (χ0v) is 18.3. The van der Waals surface area contributed by atoms with Crippen molar-refractivity contribution in [1.82, 2.24) is 14.8 Å². The van der Waals surface area contributed by atoms with Gasteiger partial charge in [-0.25, -0.2) is 0 Å². The van der Waals surface area contributed by atoms with Crippen LogP contribution in [-0.2, 0) is 11.3 Å². The van der Waals surface area contributed by atoms with Gasteiger partial charge in [0.1, 0.15) is 0 Å². The Morgan fingerprint density at radius 1 is 1.18 bits per heavy atom. The Balaban J connectivity index is 1.50. The van der Waals surface area contributed by atoms with Crippen molar-refractivity contribution in [2.75, 3.05) is 11.1 Å². The number of fused-ring (bicyclic) bond motifs is 1. The van der Waals surface area contributed by atoms with Gasteiger partial charge in [-0.2, -0.15) is 0 Å². The summed E-state index contributed by atoms with van der Waals surface area (Å²) in [4.78, 5) is 12.3. The molecule has 0 unspecified atom stereocenters. The average Bonchev–Trinajstić information content (AvgIpc) is 3.31. The van der Waals surface area contributed by atoms with Gasteiger partial charge in [-0.1, -0.05) is 45.9 Å². The monoisotopic (exact) mass is 472 g/mol. The number of aromatic nitrogens is 3. The molecule has 0 aliphatic rings. The van der Waals surface area contributed by atoms with Crippen LogP contribution in [-0.4, -0.2) is 26.4 Å². The summed E-state index contributed by atoms with van der Waals surface area (Å²) in [5.74, 6) is 1.05. The Morgan fingerprint density at radius 2 is 1.96 bits per heavy atom. The first-order valence-corrected chi connectivity index (χ1v) is 11.4. The van der Waals surface area contributed by atoms with Gasteiger partial charge in [-0.15, -0.1) is 21.5 Å². The maximum atomic E-state index is 12.3. The van der Waals surface area contributed by atoms with Crippen molar-refractivity contribution in [2.45, 2.75) is 18.6 Å². The predicted molar refractivity (Wildman–Crippen MR) is 120 cm³/mol. The van der Waals surface area contributed by atoms with Gasteiger partial charge in [-0.05, 0) is 37.3 Å². The third-order valence-electron chi connectivity index (χ3n) is 4.22. The zero-order chi connectivity index (χ0) is 19.5. The Bertz CT molecular complexity index is 1120. The molecular weight excluding hydrogens is 456 g/mol. The molecule has 0 saturated carbocycles. The van der Waals surface area contributed by atoms with Crippen molar-refractivity contribution in [2.24, 2.45) is 0 Å². The Morgan fingerprint density at radius 3 is 2.75 bits per heavy atom. The van der Waals surface area contributed by atoms with Gasteiger partial charge >= 0.3 is 0 Å². The maximum Gasteiger partial charge on any atom is 0.234 e. The van der Waals surface area contributed by atoms with E-state index in [-0.39, 0.29) is 11.7 Å². The molecular formula is C20H17BrN4OS2. The van der Waals surface area contributed by atoms with E-state index in [1.807, 2.05) is 36.4 Å². The molecule has 5 nitrogen and oxygen atoms in total. The number of benzene rings is 2. The minimum absolute atomic E-state index is 0.0690. The quantitative estimate of drug-likeness (QED) is 0.367. The van der Waals surface area contributed by atoms with E-state index < -0.39 is 0 Å². The molecule has 0 bridgehead atoms. The highest BCUT2D eigenvalue weighted by Crippen LogP contribution is 2.34. The standard InChI is InChI=1S/C20H17BrN4OS2/c1-2-25-19(16-11-27-17-6-4-3-5-15(16)17)23-24-20(25)28-12-18(26)22-14-9-7-13(21)8-10-14/h3-11H,2,12H2,1H3,(H,22,26). The molecule has 1 amide bonds. The van der Waals surface area contributed by atoms with Crippen molar-refractivity contribution in [3.8, 4) is 11.4 Å². The molecule has 0 fully saturated rings. The molecule has 0 atom stereocenters. The second-order valence-electron chi connectivity index (χ2n) is 6.04. The molecule has 0 aliphatic heterocycles. The number of thioether (sulfide) groups is 1. The van der Waals surface area contributed by atoms with E-state index >= 15 is 0 Å². The highest BCUT2D eigenvalue weighted by atomic mass is 79.9.